The van der Waals surface area contributed by atoms with Gasteiger partial charge in [0.05, 0.1) is 4.90 Å². The Morgan fingerprint density at radius 2 is 1.61 bits per heavy atom. The van der Waals surface area contributed by atoms with E-state index in [1.165, 1.54) is 43.5 Å². The van der Waals surface area contributed by atoms with Crippen LogP contribution in [0.15, 0.2) is 34.1 Å². The molecule has 0 spiro atoms. The van der Waals surface area contributed by atoms with Gasteiger partial charge in [0.1, 0.15) is 4.90 Å². The number of likely N-dealkylation sites (tertiary alicyclic amines) is 1. The van der Waals surface area contributed by atoms with Gasteiger partial charge in [-0.2, -0.15) is 0 Å². The highest BCUT2D eigenvalue weighted by atomic mass is 32.2. The van der Waals surface area contributed by atoms with Crippen LogP contribution >= 0.6 is 0 Å². The first-order chi connectivity index (χ1) is 10.8. The van der Waals surface area contributed by atoms with E-state index in [2.05, 4.69) is 9.62 Å². The molecular weight excluding hydrogens is 336 g/mol. The monoisotopic (exact) mass is 360 g/mol. The Morgan fingerprint density at radius 3 is 2.22 bits per heavy atom. The van der Waals surface area contributed by atoms with Crippen LogP contribution < -0.4 is 4.72 Å². The summed E-state index contributed by atoms with van der Waals surface area (Å²) >= 11 is 0. The van der Waals surface area contributed by atoms with Crippen LogP contribution in [-0.2, 0) is 19.9 Å². The van der Waals surface area contributed by atoms with Crippen LogP contribution in [0.5, 0.6) is 0 Å². The number of sulfonamides is 1. The van der Waals surface area contributed by atoms with Crippen LogP contribution in [0.3, 0.4) is 0 Å². The van der Waals surface area contributed by atoms with Gasteiger partial charge in [-0.25, -0.2) is 21.6 Å². The van der Waals surface area contributed by atoms with Crippen molar-refractivity contribution in [2.75, 3.05) is 32.4 Å². The number of rotatable bonds is 7. The van der Waals surface area contributed by atoms with Gasteiger partial charge in [0.15, 0.2) is 9.84 Å². The van der Waals surface area contributed by atoms with Crippen molar-refractivity contribution in [1.29, 1.82) is 0 Å². The molecule has 0 radical (unpaired) electrons. The molecule has 130 valence electrons. The zero-order chi connectivity index (χ0) is 16.9. The number of benzene rings is 1. The highest BCUT2D eigenvalue weighted by Gasteiger charge is 2.23. The first-order valence-corrected chi connectivity index (χ1v) is 11.2. The van der Waals surface area contributed by atoms with E-state index in [1.54, 1.807) is 0 Å². The minimum Gasteiger partial charge on any atom is -0.303 e. The molecule has 0 aliphatic carbocycles. The largest absolute Gasteiger partial charge is 0.303 e. The van der Waals surface area contributed by atoms with Gasteiger partial charge < -0.3 is 4.90 Å². The lowest BCUT2D eigenvalue weighted by molar-refractivity contribution is 0.227. The van der Waals surface area contributed by atoms with E-state index < -0.39 is 19.9 Å². The zero-order valence-electron chi connectivity index (χ0n) is 13.4. The van der Waals surface area contributed by atoms with Gasteiger partial charge in [0.25, 0.3) is 0 Å². The predicted octanol–water partition coefficient (Wildman–Crippen LogP) is 1.24. The average molecular weight is 361 g/mol. The SMILES string of the molecule is CS(=O)(=O)c1ccccc1S(=O)(=O)NCCCN1CCCCC1. The number of sulfone groups is 1. The quantitative estimate of drug-likeness (QED) is 0.740. The van der Waals surface area contributed by atoms with Crippen molar-refractivity contribution in [2.24, 2.45) is 0 Å². The lowest BCUT2D eigenvalue weighted by Crippen LogP contribution is -2.33. The molecule has 1 fully saturated rings. The smallest absolute Gasteiger partial charge is 0.241 e. The summed E-state index contributed by atoms with van der Waals surface area (Å²) in [6.45, 7) is 3.31. The predicted molar refractivity (Wildman–Crippen MR) is 89.6 cm³/mol. The highest BCUT2D eigenvalue weighted by Crippen LogP contribution is 2.20. The van der Waals surface area contributed by atoms with Crippen molar-refractivity contribution in [3.8, 4) is 0 Å². The minimum absolute atomic E-state index is 0.163. The van der Waals surface area contributed by atoms with E-state index in [4.69, 9.17) is 0 Å². The Morgan fingerprint density at radius 1 is 1.00 bits per heavy atom. The number of nitrogens with one attached hydrogen (secondary N) is 1. The molecule has 1 aliphatic rings. The fourth-order valence-corrected chi connectivity index (χ4v) is 5.45. The van der Waals surface area contributed by atoms with Crippen LogP contribution in [0.1, 0.15) is 25.7 Å². The maximum absolute atomic E-state index is 12.4. The second kappa shape index (κ2) is 7.74. The van der Waals surface area contributed by atoms with Gasteiger partial charge in [0.2, 0.25) is 10.0 Å². The van der Waals surface area contributed by atoms with Crippen LogP contribution in [0.2, 0.25) is 0 Å². The van der Waals surface area contributed by atoms with Crippen molar-refractivity contribution in [3.05, 3.63) is 24.3 Å². The number of hydrogen-bond donors (Lipinski definition) is 1. The van der Waals surface area contributed by atoms with E-state index in [0.717, 1.165) is 25.9 Å². The molecule has 23 heavy (non-hydrogen) atoms. The minimum atomic E-state index is -3.82. The Labute approximate surface area is 138 Å². The fourth-order valence-electron chi connectivity index (χ4n) is 2.75. The van der Waals surface area contributed by atoms with Gasteiger partial charge in [-0.15, -0.1) is 0 Å². The second-order valence-electron chi connectivity index (χ2n) is 5.87. The molecule has 1 aromatic rings. The van der Waals surface area contributed by atoms with Crippen molar-refractivity contribution in [1.82, 2.24) is 9.62 Å². The summed E-state index contributed by atoms with van der Waals surface area (Å²) < 4.78 is 50.7. The average Bonchev–Trinajstić information content (AvgIpc) is 2.52. The molecule has 1 aliphatic heterocycles. The van der Waals surface area contributed by atoms with Gasteiger partial charge >= 0.3 is 0 Å². The molecule has 0 amide bonds. The molecule has 1 aromatic carbocycles. The summed E-state index contributed by atoms with van der Waals surface area (Å²) in [6.07, 6.45) is 5.39. The summed E-state index contributed by atoms with van der Waals surface area (Å²) in [5.41, 5.74) is 0. The van der Waals surface area contributed by atoms with E-state index in [1.807, 2.05) is 0 Å². The molecule has 1 heterocycles. The zero-order valence-corrected chi connectivity index (χ0v) is 15.0. The molecule has 0 bridgehead atoms. The van der Waals surface area contributed by atoms with Gasteiger partial charge in [-0.05, 0) is 51.0 Å². The van der Waals surface area contributed by atoms with Crippen molar-refractivity contribution < 1.29 is 16.8 Å². The van der Waals surface area contributed by atoms with Gasteiger partial charge in [-0.3, -0.25) is 0 Å². The molecule has 0 atom stereocenters. The second-order valence-corrected chi connectivity index (χ2v) is 9.59. The lowest BCUT2D eigenvalue weighted by Gasteiger charge is -2.26. The summed E-state index contributed by atoms with van der Waals surface area (Å²) in [5.74, 6) is 0. The van der Waals surface area contributed by atoms with E-state index in [0.29, 0.717) is 13.0 Å². The fraction of sp³-hybridized carbons (Fsp3) is 0.600. The highest BCUT2D eigenvalue weighted by molar-refractivity contribution is 7.93. The van der Waals surface area contributed by atoms with E-state index >= 15 is 0 Å². The first-order valence-electron chi connectivity index (χ1n) is 7.82. The van der Waals surface area contributed by atoms with Gasteiger partial charge in [-0.1, -0.05) is 18.6 Å². The summed E-state index contributed by atoms with van der Waals surface area (Å²) in [5, 5.41) is 0. The van der Waals surface area contributed by atoms with Crippen LogP contribution in [-0.4, -0.2) is 54.2 Å². The summed E-state index contributed by atoms with van der Waals surface area (Å²) in [4.78, 5) is 1.99. The molecule has 0 unspecified atom stereocenters. The third-order valence-electron chi connectivity index (χ3n) is 3.93. The number of hydrogen-bond acceptors (Lipinski definition) is 5. The van der Waals surface area contributed by atoms with Crippen molar-refractivity contribution in [3.63, 3.8) is 0 Å². The van der Waals surface area contributed by atoms with E-state index in [9.17, 15) is 16.8 Å². The van der Waals surface area contributed by atoms with Crippen LogP contribution in [0.25, 0.3) is 0 Å². The maximum Gasteiger partial charge on any atom is 0.241 e. The molecule has 1 N–H and O–H groups in total. The first kappa shape index (κ1) is 18.4. The van der Waals surface area contributed by atoms with Crippen molar-refractivity contribution >= 4 is 19.9 Å². The molecule has 8 heteroatoms. The molecule has 1 saturated heterocycles. The molecule has 0 saturated carbocycles. The van der Waals surface area contributed by atoms with Gasteiger partial charge in [0, 0.05) is 12.8 Å². The number of nitrogens with zero attached hydrogens (tertiary/aromatic N) is 1. The molecule has 6 nitrogen and oxygen atoms in total. The Bertz CT molecular complexity index is 724. The maximum atomic E-state index is 12.4. The van der Waals surface area contributed by atoms with Crippen molar-refractivity contribution in [2.45, 2.75) is 35.5 Å². The third kappa shape index (κ3) is 5.27. The Hall–Kier alpha value is -0.960. The Kier molecular flexibility index (Phi) is 6.19. The molecular formula is C15H24N2O4S2. The Balaban J connectivity index is 1.97. The number of piperidine rings is 1. The normalized spacial score (nSPS) is 17.3. The summed E-state index contributed by atoms with van der Waals surface area (Å²) in [6, 6.07) is 5.68. The molecule has 2 rings (SSSR count). The standard InChI is InChI=1S/C15H24N2O4S2/c1-22(18,19)14-8-3-4-9-15(14)23(20,21)16-10-7-13-17-11-5-2-6-12-17/h3-4,8-9,16H,2,5-7,10-13H2,1H3. The van der Waals surface area contributed by atoms with Crippen LogP contribution in [0, 0.1) is 0 Å². The van der Waals surface area contributed by atoms with Crippen LogP contribution in [0.4, 0.5) is 0 Å². The van der Waals surface area contributed by atoms with E-state index in [-0.39, 0.29) is 9.79 Å². The summed E-state index contributed by atoms with van der Waals surface area (Å²) in [7, 11) is -7.42. The third-order valence-corrected chi connectivity index (χ3v) is 6.73. The topological polar surface area (TPSA) is 83.5 Å². The lowest BCUT2D eigenvalue weighted by atomic mass is 10.1. The molecule has 0 aromatic heterocycles.